The van der Waals surface area contributed by atoms with E-state index in [9.17, 15) is 47.8 Å². The number of carboxylic acid groups (broad SMARTS) is 1. The number of nitrogens with zero attached hydrogens (tertiary/aromatic N) is 1. The number of aromatic nitrogens is 2. The molecule has 3 heterocycles. The predicted molar refractivity (Wildman–Crippen MR) is 260 cm³/mol. The van der Waals surface area contributed by atoms with Gasteiger partial charge in [-0.15, -0.1) is 0 Å². The number of ether oxygens (including phenoxy) is 3. The number of benzene rings is 2. The van der Waals surface area contributed by atoms with E-state index in [1.807, 2.05) is 59.8 Å². The van der Waals surface area contributed by atoms with Gasteiger partial charge in [0.2, 0.25) is 0 Å². The van der Waals surface area contributed by atoms with Gasteiger partial charge in [-0.05, 0) is 83.5 Å². The standard InChI is InChI=1S/C42H56N5O18P3S2/c1-8-43-30-15-32-28(12-22(30)3)37(29-13-23(4)31(44-9-2)16-33(29)62-32)26-11-10-25(14-27(26)40(50)51)39(49)45-20-42(6,7)70-69-21-60-34-17-36(47-18-24(5)38(48)46-41(47)52)63-35(34)19-61-67(56,57)65-68(58,59)64-66(53,54)55/h10-16,18,28,30,34-37,43-44H,8-9,17,19-21H2,1-7H3,(H,45,49)(H,50,51)(H,56,57)(H,58,59)(H,46,48,52)(H2,53,54,55)/t28?,30?,34?,35-,36-,37?/m1/s1. The summed E-state index contributed by atoms with van der Waals surface area (Å²) in [5.74, 6) is -1.22. The lowest BCUT2D eigenvalue weighted by molar-refractivity contribution is -0.0543. The second-order valence-corrected chi connectivity index (χ2v) is 24.5. The van der Waals surface area contributed by atoms with E-state index in [0.29, 0.717) is 23.6 Å². The summed E-state index contributed by atoms with van der Waals surface area (Å²) < 4.78 is 66.6. The van der Waals surface area contributed by atoms with Crippen molar-refractivity contribution in [2.45, 2.75) is 90.0 Å². The number of allylic oxidation sites excluding steroid dienone is 1. The number of carboxylic acids is 1. The minimum atomic E-state index is -5.81. The number of amides is 1. The molecule has 28 heteroatoms. The van der Waals surface area contributed by atoms with Gasteiger partial charge in [0.05, 0.1) is 18.3 Å². The van der Waals surface area contributed by atoms with Crippen LogP contribution in [0, 0.1) is 19.8 Å². The maximum absolute atomic E-state index is 13.7. The Morgan fingerprint density at radius 1 is 0.957 bits per heavy atom. The van der Waals surface area contributed by atoms with E-state index in [1.165, 1.54) is 40.8 Å². The molecule has 1 amide bonds. The van der Waals surface area contributed by atoms with Crippen LogP contribution in [-0.2, 0) is 36.3 Å². The molecule has 70 heavy (non-hydrogen) atoms. The Balaban J connectivity index is 1.12. The highest BCUT2D eigenvalue weighted by molar-refractivity contribution is 8.77. The summed E-state index contributed by atoms with van der Waals surface area (Å²) in [6, 6.07) is 8.60. The molecule has 0 bridgehead atoms. The number of carbonyl (C=O) groups is 2. The molecule has 6 unspecified atom stereocenters. The minimum Gasteiger partial charge on any atom is -0.478 e. The summed E-state index contributed by atoms with van der Waals surface area (Å²) in [5.41, 5.74) is 3.08. The van der Waals surface area contributed by atoms with Crippen molar-refractivity contribution >= 4 is 62.6 Å². The Labute approximate surface area is 410 Å². The number of fused-ring (bicyclic) bond motifs is 2. The number of aromatic amines is 1. The Morgan fingerprint density at radius 3 is 2.36 bits per heavy atom. The summed E-state index contributed by atoms with van der Waals surface area (Å²) in [6.45, 7) is 13.8. The van der Waals surface area contributed by atoms with Crippen LogP contribution in [0.5, 0.6) is 5.75 Å². The number of anilines is 1. The van der Waals surface area contributed by atoms with E-state index in [0.717, 1.165) is 33.5 Å². The third-order valence-electron chi connectivity index (χ3n) is 11.3. The van der Waals surface area contributed by atoms with Crippen molar-refractivity contribution in [3.63, 3.8) is 0 Å². The lowest BCUT2D eigenvalue weighted by atomic mass is 9.72. The zero-order valence-electron chi connectivity index (χ0n) is 39.0. The second-order valence-electron chi connectivity index (χ2n) is 17.2. The molecule has 384 valence electrons. The van der Waals surface area contributed by atoms with Gasteiger partial charge < -0.3 is 54.8 Å². The Hall–Kier alpha value is -3.87. The first-order chi connectivity index (χ1) is 32.7. The Morgan fingerprint density at radius 2 is 1.69 bits per heavy atom. The smallest absolute Gasteiger partial charge is 0.478 e. The van der Waals surface area contributed by atoms with Crippen LogP contribution in [0.15, 0.2) is 69.6 Å². The number of hydrogen-bond donors (Lipinski definition) is 9. The molecule has 23 nitrogen and oxygen atoms in total. The van der Waals surface area contributed by atoms with Crippen LogP contribution in [0.4, 0.5) is 5.69 Å². The number of nitrogens with one attached hydrogen (secondary N) is 4. The molecule has 1 fully saturated rings. The van der Waals surface area contributed by atoms with E-state index in [2.05, 4.69) is 35.6 Å². The van der Waals surface area contributed by atoms with Crippen LogP contribution in [-0.4, -0.2) is 101 Å². The van der Waals surface area contributed by atoms with Crippen LogP contribution in [0.25, 0.3) is 0 Å². The molecular weight excluding hydrogens is 1020 g/mol. The topological polar surface area (TPSA) is 333 Å². The summed E-state index contributed by atoms with van der Waals surface area (Å²) in [7, 11) is -14.5. The van der Waals surface area contributed by atoms with Crippen LogP contribution >= 0.6 is 45.1 Å². The fourth-order valence-corrected chi connectivity index (χ4v) is 13.3. The van der Waals surface area contributed by atoms with E-state index < -0.39 is 82.3 Å². The summed E-state index contributed by atoms with van der Waals surface area (Å²) in [6.07, 6.45) is 1.98. The molecule has 2 aromatic carbocycles. The molecule has 0 saturated carbocycles. The van der Waals surface area contributed by atoms with Crippen molar-refractivity contribution in [3.8, 4) is 5.75 Å². The van der Waals surface area contributed by atoms with Crippen molar-refractivity contribution in [2.24, 2.45) is 5.92 Å². The number of rotatable bonds is 22. The molecule has 2 aliphatic heterocycles. The number of carbonyl (C=O) groups excluding carboxylic acids is 1. The zero-order valence-corrected chi connectivity index (χ0v) is 43.3. The molecule has 0 spiro atoms. The van der Waals surface area contributed by atoms with Crippen molar-refractivity contribution in [2.75, 3.05) is 37.5 Å². The highest BCUT2D eigenvalue weighted by Crippen LogP contribution is 2.66. The fourth-order valence-electron chi connectivity index (χ4n) is 8.13. The largest absolute Gasteiger partial charge is 0.490 e. The summed E-state index contributed by atoms with van der Waals surface area (Å²) in [5, 5.41) is 20.4. The first-order valence-electron chi connectivity index (χ1n) is 21.7. The van der Waals surface area contributed by atoms with Crippen LogP contribution < -0.4 is 31.9 Å². The van der Waals surface area contributed by atoms with Gasteiger partial charge >= 0.3 is 35.1 Å². The average molecular weight is 1080 g/mol. The molecule has 3 aromatic rings. The van der Waals surface area contributed by atoms with Crippen molar-refractivity contribution in [3.05, 3.63) is 114 Å². The monoisotopic (exact) mass is 1080 g/mol. The van der Waals surface area contributed by atoms with Gasteiger partial charge in [-0.25, -0.2) is 23.3 Å². The third-order valence-corrected chi connectivity index (χ3v) is 18.0. The minimum absolute atomic E-state index is 0.0292. The molecule has 6 rings (SSSR count). The van der Waals surface area contributed by atoms with E-state index >= 15 is 0 Å². The van der Waals surface area contributed by atoms with Crippen LogP contribution in [0.3, 0.4) is 0 Å². The first-order valence-corrected chi connectivity index (χ1v) is 28.6. The lowest BCUT2D eigenvalue weighted by Crippen LogP contribution is -2.36. The predicted octanol–water partition coefficient (Wildman–Crippen LogP) is 5.81. The molecule has 1 aromatic heterocycles. The quantitative estimate of drug-likeness (QED) is 0.0188. The Kier molecular flexibility index (Phi) is 17.8. The van der Waals surface area contributed by atoms with Gasteiger partial charge in [0, 0.05) is 76.8 Å². The molecule has 0 radical (unpaired) electrons. The number of aryl methyl sites for hydroxylation is 2. The van der Waals surface area contributed by atoms with Crippen molar-refractivity contribution in [1.29, 1.82) is 0 Å². The molecular formula is C42H56N5O18P3S2. The highest BCUT2D eigenvalue weighted by Gasteiger charge is 2.44. The highest BCUT2D eigenvalue weighted by atomic mass is 33.1. The normalized spacial score (nSPS) is 22.9. The number of likely N-dealkylation sites (N-methyl/N-ethyl adjacent to an activating group) is 1. The maximum Gasteiger partial charge on any atom is 0.490 e. The summed E-state index contributed by atoms with van der Waals surface area (Å²) >= 11 is 0. The van der Waals surface area contributed by atoms with Gasteiger partial charge in [0.1, 0.15) is 29.8 Å². The van der Waals surface area contributed by atoms with E-state index in [-0.39, 0.29) is 47.6 Å². The van der Waals surface area contributed by atoms with E-state index in [1.54, 1.807) is 12.1 Å². The number of phosphoric ester groups is 1. The average Bonchev–Trinajstić information content (AvgIpc) is 3.66. The van der Waals surface area contributed by atoms with Gasteiger partial charge in [0.25, 0.3) is 11.5 Å². The zero-order chi connectivity index (χ0) is 51.5. The van der Waals surface area contributed by atoms with Crippen LogP contribution in [0.1, 0.15) is 96.2 Å². The van der Waals surface area contributed by atoms with Gasteiger partial charge in [-0.1, -0.05) is 46.2 Å². The lowest BCUT2D eigenvalue weighted by Gasteiger charge is -2.39. The third kappa shape index (κ3) is 14.0. The SMILES string of the molecule is CCNc1cc2c(cc1C)C(c1ccc(C(=O)NCC(C)(C)SSCOC3C[C@H](n4cc(C)c(=O)[nH]c4=O)O[C@@H]3COP(=O)(O)OP(=O)(O)OP(=O)(O)O)cc1C(=O)O)C1C=C(C)C(NCC)C=C1O2. The number of aromatic carboxylic acids is 1. The molecule has 9 N–H and O–H groups in total. The second kappa shape index (κ2) is 22.5. The van der Waals surface area contributed by atoms with Gasteiger partial charge in [0.15, 0.2) is 0 Å². The first kappa shape index (κ1) is 55.4. The Bertz CT molecular complexity index is 2820. The van der Waals surface area contributed by atoms with Gasteiger partial charge in [-0.3, -0.25) is 23.7 Å². The maximum atomic E-state index is 13.7. The molecule has 3 aliphatic rings. The van der Waals surface area contributed by atoms with Crippen molar-refractivity contribution in [1.82, 2.24) is 20.2 Å². The fraction of sp³-hybridized carbons (Fsp3) is 0.476. The van der Waals surface area contributed by atoms with Crippen LogP contribution in [0.2, 0.25) is 0 Å². The van der Waals surface area contributed by atoms with Crippen molar-refractivity contribution < 1.29 is 75.3 Å². The molecule has 8 atom stereocenters. The summed E-state index contributed by atoms with van der Waals surface area (Å²) in [4.78, 5) is 90.9. The van der Waals surface area contributed by atoms with E-state index in [4.69, 9.17) is 28.5 Å². The number of phosphoric acid groups is 3. The number of hydrogen-bond acceptors (Lipinski definition) is 17. The number of H-pyrrole nitrogens is 1. The molecule has 1 saturated heterocycles. The molecule has 1 aliphatic carbocycles. The van der Waals surface area contributed by atoms with Gasteiger partial charge in [-0.2, -0.15) is 8.62 Å².